The number of aryl methyl sites for hydroxylation is 1. The Labute approximate surface area is 103 Å². The van der Waals surface area contributed by atoms with Crippen molar-refractivity contribution in [3.05, 3.63) is 41.9 Å². The molecule has 3 aromatic rings. The number of hydrogen-bond acceptors (Lipinski definition) is 3. The van der Waals surface area contributed by atoms with Crippen molar-refractivity contribution in [3.63, 3.8) is 0 Å². The van der Waals surface area contributed by atoms with E-state index in [0.29, 0.717) is 0 Å². The van der Waals surface area contributed by atoms with Gasteiger partial charge in [-0.2, -0.15) is 5.10 Å². The smallest absolute Gasteiger partial charge is 0.223 e. The zero-order valence-corrected chi connectivity index (χ0v) is 9.89. The number of benzene rings is 1. The summed E-state index contributed by atoms with van der Waals surface area (Å²) < 4.78 is 1.74. The fourth-order valence-electron chi connectivity index (χ4n) is 1.81. The summed E-state index contributed by atoms with van der Waals surface area (Å²) in [6.45, 7) is 0. The highest BCUT2D eigenvalue weighted by molar-refractivity contribution is 6.28. The van der Waals surface area contributed by atoms with Crippen molar-refractivity contribution in [2.75, 3.05) is 0 Å². The minimum Gasteiger partial charge on any atom is -0.275 e. The van der Waals surface area contributed by atoms with Crippen LogP contribution in [0, 0.1) is 0 Å². The number of rotatable bonds is 1. The van der Waals surface area contributed by atoms with E-state index in [1.54, 1.807) is 10.9 Å². The number of fused-ring (bicyclic) bond motifs is 1. The topological polar surface area (TPSA) is 43.6 Å². The molecule has 0 aliphatic carbocycles. The molecule has 0 saturated heterocycles. The van der Waals surface area contributed by atoms with E-state index < -0.39 is 0 Å². The van der Waals surface area contributed by atoms with Gasteiger partial charge in [0.2, 0.25) is 5.28 Å². The Morgan fingerprint density at radius 1 is 1.18 bits per heavy atom. The zero-order chi connectivity index (χ0) is 11.8. The Balaban J connectivity index is 2.35. The van der Waals surface area contributed by atoms with Crippen LogP contribution in [0.25, 0.3) is 22.2 Å². The maximum atomic E-state index is 5.93. The number of aromatic nitrogens is 4. The lowest BCUT2D eigenvalue weighted by Crippen LogP contribution is -1.90. The molecule has 0 saturated carbocycles. The minimum absolute atomic E-state index is 0.252. The normalized spacial score (nSPS) is 10.9. The van der Waals surface area contributed by atoms with Crippen LogP contribution in [0.2, 0.25) is 5.28 Å². The van der Waals surface area contributed by atoms with Gasteiger partial charge in [-0.15, -0.1) is 0 Å². The maximum absolute atomic E-state index is 5.93. The van der Waals surface area contributed by atoms with Crippen molar-refractivity contribution in [1.29, 1.82) is 0 Å². The predicted molar refractivity (Wildman–Crippen MR) is 66.8 cm³/mol. The summed E-state index contributed by atoms with van der Waals surface area (Å²) in [5.74, 6) is 0. The van der Waals surface area contributed by atoms with E-state index in [1.807, 2.05) is 37.5 Å². The molecule has 3 rings (SSSR count). The molecular formula is C12H9ClN4. The summed E-state index contributed by atoms with van der Waals surface area (Å²) in [5.41, 5.74) is 2.59. The van der Waals surface area contributed by atoms with Gasteiger partial charge in [0.15, 0.2) is 0 Å². The Kier molecular flexibility index (Phi) is 2.30. The Morgan fingerprint density at radius 3 is 2.76 bits per heavy atom. The van der Waals surface area contributed by atoms with Gasteiger partial charge in [-0.1, -0.05) is 18.2 Å². The van der Waals surface area contributed by atoms with E-state index in [-0.39, 0.29) is 5.28 Å². The second kappa shape index (κ2) is 3.82. The third kappa shape index (κ3) is 1.76. The first kappa shape index (κ1) is 10.2. The lowest BCUT2D eigenvalue weighted by atomic mass is 10.1. The molecule has 0 atom stereocenters. The fourth-order valence-corrected chi connectivity index (χ4v) is 1.99. The molecule has 2 aromatic heterocycles. The zero-order valence-electron chi connectivity index (χ0n) is 9.13. The van der Waals surface area contributed by atoms with Crippen molar-refractivity contribution in [2.24, 2.45) is 7.05 Å². The Bertz CT molecular complexity index is 690. The summed E-state index contributed by atoms with van der Waals surface area (Å²) >= 11 is 5.93. The molecule has 1 aromatic carbocycles. The SMILES string of the molecule is Cn1cc(-c2nc(Cl)nc3ccccc23)cn1. The van der Waals surface area contributed by atoms with Crippen LogP contribution in [-0.4, -0.2) is 19.7 Å². The van der Waals surface area contributed by atoms with E-state index in [1.165, 1.54) is 0 Å². The molecule has 4 nitrogen and oxygen atoms in total. The first-order valence-corrected chi connectivity index (χ1v) is 5.53. The first-order chi connectivity index (χ1) is 8.24. The van der Waals surface area contributed by atoms with Crippen molar-refractivity contribution >= 4 is 22.5 Å². The molecular weight excluding hydrogens is 236 g/mol. The number of hydrogen-bond donors (Lipinski definition) is 0. The summed E-state index contributed by atoms with van der Waals surface area (Å²) in [6.07, 6.45) is 3.68. The van der Waals surface area contributed by atoms with Crippen LogP contribution < -0.4 is 0 Å². The molecule has 0 N–H and O–H groups in total. The molecule has 0 spiro atoms. The number of para-hydroxylation sites is 1. The summed E-state index contributed by atoms with van der Waals surface area (Å²) in [7, 11) is 1.87. The second-order valence-electron chi connectivity index (χ2n) is 3.76. The van der Waals surface area contributed by atoms with Crippen LogP contribution in [0.5, 0.6) is 0 Å². The van der Waals surface area contributed by atoms with Crippen molar-refractivity contribution in [2.45, 2.75) is 0 Å². The van der Waals surface area contributed by atoms with Crippen molar-refractivity contribution < 1.29 is 0 Å². The van der Waals surface area contributed by atoms with E-state index in [2.05, 4.69) is 15.1 Å². The molecule has 0 aliphatic rings. The van der Waals surface area contributed by atoms with E-state index in [4.69, 9.17) is 11.6 Å². The highest BCUT2D eigenvalue weighted by atomic mass is 35.5. The standard InChI is InChI=1S/C12H9ClN4/c1-17-7-8(6-14-17)11-9-4-2-3-5-10(9)15-12(13)16-11/h2-7H,1H3. The lowest BCUT2D eigenvalue weighted by molar-refractivity contribution is 0.768. The van der Waals surface area contributed by atoms with Gasteiger partial charge in [-0.05, 0) is 17.7 Å². The maximum Gasteiger partial charge on any atom is 0.223 e. The molecule has 84 valence electrons. The average molecular weight is 245 g/mol. The van der Waals surface area contributed by atoms with Crippen LogP contribution in [0.4, 0.5) is 0 Å². The lowest BCUT2D eigenvalue weighted by Gasteiger charge is -2.03. The van der Waals surface area contributed by atoms with E-state index in [9.17, 15) is 0 Å². The first-order valence-electron chi connectivity index (χ1n) is 5.15. The predicted octanol–water partition coefficient (Wildman–Crippen LogP) is 2.68. The number of nitrogens with zero attached hydrogens (tertiary/aromatic N) is 4. The highest BCUT2D eigenvalue weighted by Gasteiger charge is 2.09. The quantitative estimate of drug-likeness (QED) is 0.618. The van der Waals surface area contributed by atoms with Crippen molar-refractivity contribution in [1.82, 2.24) is 19.7 Å². The monoisotopic (exact) mass is 244 g/mol. The second-order valence-corrected chi connectivity index (χ2v) is 4.10. The molecule has 0 bridgehead atoms. The summed E-state index contributed by atoms with van der Waals surface area (Å²) in [5, 5.41) is 5.37. The van der Waals surface area contributed by atoms with E-state index in [0.717, 1.165) is 22.2 Å². The van der Waals surface area contributed by atoms with Crippen LogP contribution in [0.1, 0.15) is 0 Å². The molecule has 0 fully saturated rings. The van der Waals surface area contributed by atoms with Gasteiger partial charge >= 0.3 is 0 Å². The van der Waals surface area contributed by atoms with Crippen molar-refractivity contribution in [3.8, 4) is 11.3 Å². The molecule has 0 aliphatic heterocycles. The van der Waals surface area contributed by atoms with Crippen LogP contribution in [0.15, 0.2) is 36.7 Å². The Morgan fingerprint density at radius 2 is 2.00 bits per heavy atom. The van der Waals surface area contributed by atoms with Gasteiger partial charge in [-0.25, -0.2) is 9.97 Å². The van der Waals surface area contributed by atoms with Crippen LogP contribution in [0.3, 0.4) is 0 Å². The minimum atomic E-state index is 0.252. The average Bonchev–Trinajstić information content (AvgIpc) is 2.74. The molecule has 0 amide bonds. The summed E-state index contributed by atoms with van der Waals surface area (Å²) in [6, 6.07) is 7.79. The fraction of sp³-hybridized carbons (Fsp3) is 0.0833. The van der Waals surface area contributed by atoms with Gasteiger partial charge < -0.3 is 0 Å². The van der Waals surface area contributed by atoms with Gasteiger partial charge in [-0.3, -0.25) is 4.68 Å². The highest BCUT2D eigenvalue weighted by Crippen LogP contribution is 2.26. The van der Waals surface area contributed by atoms with E-state index >= 15 is 0 Å². The molecule has 0 radical (unpaired) electrons. The molecule has 17 heavy (non-hydrogen) atoms. The molecule has 0 unspecified atom stereocenters. The summed E-state index contributed by atoms with van der Waals surface area (Å²) in [4.78, 5) is 8.48. The van der Waals surface area contributed by atoms with Crippen LogP contribution in [-0.2, 0) is 7.05 Å². The third-order valence-corrected chi connectivity index (χ3v) is 2.72. The Hall–Kier alpha value is -1.94. The number of halogens is 1. The van der Waals surface area contributed by atoms with Gasteiger partial charge in [0.1, 0.15) is 0 Å². The van der Waals surface area contributed by atoms with Gasteiger partial charge in [0.05, 0.1) is 17.4 Å². The third-order valence-electron chi connectivity index (χ3n) is 2.55. The molecule has 2 heterocycles. The van der Waals surface area contributed by atoms with Crippen LogP contribution >= 0.6 is 11.6 Å². The van der Waals surface area contributed by atoms with Gasteiger partial charge in [0, 0.05) is 24.2 Å². The van der Waals surface area contributed by atoms with Gasteiger partial charge in [0.25, 0.3) is 0 Å². The largest absolute Gasteiger partial charge is 0.275 e. The molecule has 5 heteroatoms.